The monoisotopic (exact) mass is 319 g/mol. The maximum absolute atomic E-state index is 12.4. The maximum Gasteiger partial charge on any atom is 0.314 e. The fourth-order valence-corrected chi connectivity index (χ4v) is 3.14. The second-order valence-electron chi connectivity index (χ2n) is 6.10. The van der Waals surface area contributed by atoms with Crippen molar-refractivity contribution in [3.63, 3.8) is 0 Å². The van der Waals surface area contributed by atoms with Gasteiger partial charge in [0.05, 0.1) is 24.5 Å². The molecule has 2 atom stereocenters. The second kappa shape index (κ2) is 7.59. The zero-order valence-electron chi connectivity index (χ0n) is 14.1. The number of benzene rings is 1. The van der Waals surface area contributed by atoms with Crippen molar-refractivity contribution < 1.29 is 19.1 Å². The van der Waals surface area contributed by atoms with Crippen LogP contribution in [0.15, 0.2) is 30.3 Å². The Morgan fingerprint density at radius 3 is 2.43 bits per heavy atom. The molecule has 23 heavy (non-hydrogen) atoms. The first-order chi connectivity index (χ1) is 11.0. The Kier molecular flexibility index (Phi) is 5.77. The molecule has 1 aromatic rings. The van der Waals surface area contributed by atoms with Gasteiger partial charge in [-0.3, -0.25) is 14.5 Å². The van der Waals surface area contributed by atoms with E-state index in [4.69, 9.17) is 9.47 Å². The Hall–Kier alpha value is -1.88. The fourth-order valence-electron chi connectivity index (χ4n) is 3.14. The summed E-state index contributed by atoms with van der Waals surface area (Å²) in [6.07, 6.45) is 0. The van der Waals surface area contributed by atoms with Crippen LogP contribution in [0.2, 0.25) is 0 Å². The molecule has 2 rings (SSSR count). The molecule has 1 aliphatic heterocycles. The van der Waals surface area contributed by atoms with Gasteiger partial charge < -0.3 is 9.47 Å². The molecular formula is C18H25NO4. The van der Waals surface area contributed by atoms with Crippen molar-refractivity contribution in [3.05, 3.63) is 35.9 Å². The molecule has 0 amide bonds. The Labute approximate surface area is 137 Å². The van der Waals surface area contributed by atoms with Gasteiger partial charge in [-0.1, -0.05) is 30.3 Å². The van der Waals surface area contributed by atoms with E-state index in [0.29, 0.717) is 32.8 Å². The lowest BCUT2D eigenvalue weighted by atomic mass is 9.80. The van der Waals surface area contributed by atoms with Crippen LogP contribution in [-0.2, 0) is 25.6 Å². The highest BCUT2D eigenvalue weighted by Gasteiger charge is 2.53. The van der Waals surface area contributed by atoms with Crippen LogP contribution < -0.4 is 0 Å². The van der Waals surface area contributed by atoms with E-state index < -0.39 is 11.3 Å². The Morgan fingerprint density at radius 2 is 1.83 bits per heavy atom. The van der Waals surface area contributed by atoms with Crippen LogP contribution in [0, 0.1) is 11.3 Å². The van der Waals surface area contributed by atoms with E-state index in [1.165, 1.54) is 0 Å². The molecule has 5 heteroatoms. The first kappa shape index (κ1) is 17.5. The van der Waals surface area contributed by atoms with E-state index in [0.717, 1.165) is 5.56 Å². The first-order valence-corrected chi connectivity index (χ1v) is 8.11. The van der Waals surface area contributed by atoms with Crippen molar-refractivity contribution in [2.45, 2.75) is 27.3 Å². The number of likely N-dealkylation sites (tertiary alicyclic amines) is 1. The molecule has 0 spiro atoms. The lowest BCUT2D eigenvalue weighted by Crippen LogP contribution is -2.41. The number of carbonyl (C=O) groups is 2. The molecule has 0 bridgehead atoms. The van der Waals surface area contributed by atoms with Crippen molar-refractivity contribution in [1.82, 2.24) is 4.90 Å². The predicted octanol–water partition coefficient (Wildman–Crippen LogP) is 2.25. The zero-order chi connectivity index (χ0) is 16.9. The van der Waals surface area contributed by atoms with E-state index in [9.17, 15) is 9.59 Å². The van der Waals surface area contributed by atoms with Gasteiger partial charge in [0.2, 0.25) is 0 Å². The van der Waals surface area contributed by atoms with Gasteiger partial charge in [0.25, 0.3) is 0 Å². The minimum absolute atomic E-state index is 0.308. The van der Waals surface area contributed by atoms with Gasteiger partial charge in [0, 0.05) is 19.6 Å². The number of hydrogen-bond donors (Lipinski definition) is 0. The molecule has 0 N–H and O–H groups in total. The molecule has 1 aliphatic rings. The molecule has 1 aromatic carbocycles. The van der Waals surface area contributed by atoms with Crippen molar-refractivity contribution >= 4 is 11.9 Å². The number of nitrogens with zero attached hydrogens (tertiary/aromatic N) is 1. The maximum atomic E-state index is 12.4. The standard InChI is InChI=1S/C18H25NO4/c1-4-22-16(20)15-12-19(11-14-9-7-6-8-10-14)13-18(15,3)17(21)23-5-2/h6-10,15H,4-5,11-13H2,1-3H3. The van der Waals surface area contributed by atoms with Gasteiger partial charge >= 0.3 is 11.9 Å². The van der Waals surface area contributed by atoms with Gasteiger partial charge in [-0.25, -0.2) is 0 Å². The topological polar surface area (TPSA) is 55.8 Å². The normalized spacial score (nSPS) is 24.4. The molecule has 126 valence electrons. The van der Waals surface area contributed by atoms with Gasteiger partial charge in [-0.05, 0) is 26.3 Å². The summed E-state index contributed by atoms with van der Waals surface area (Å²) >= 11 is 0. The molecular weight excluding hydrogens is 294 g/mol. The summed E-state index contributed by atoms with van der Waals surface area (Å²) in [6, 6.07) is 10.0. The molecule has 0 saturated carbocycles. The molecule has 0 aromatic heterocycles. The van der Waals surface area contributed by atoms with Crippen molar-refractivity contribution in [3.8, 4) is 0 Å². The third kappa shape index (κ3) is 3.91. The third-order valence-electron chi connectivity index (χ3n) is 4.32. The SMILES string of the molecule is CCOC(=O)C1CN(Cc2ccccc2)CC1(C)C(=O)OCC. The number of hydrogen-bond acceptors (Lipinski definition) is 5. The first-order valence-electron chi connectivity index (χ1n) is 8.11. The summed E-state index contributed by atoms with van der Waals surface area (Å²) < 4.78 is 10.4. The zero-order valence-corrected chi connectivity index (χ0v) is 14.1. The van der Waals surface area contributed by atoms with Crippen LogP contribution in [-0.4, -0.2) is 43.1 Å². The van der Waals surface area contributed by atoms with E-state index in [1.807, 2.05) is 30.3 Å². The van der Waals surface area contributed by atoms with Crippen LogP contribution in [0.1, 0.15) is 26.3 Å². The van der Waals surface area contributed by atoms with Gasteiger partial charge in [0.15, 0.2) is 0 Å². The van der Waals surface area contributed by atoms with Crippen LogP contribution >= 0.6 is 0 Å². The van der Waals surface area contributed by atoms with Crippen molar-refractivity contribution in [2.24, 2.45) is 11.3 Å². The second-order valence-corrected chi connectivity index (χ2v) is 6.10. The summed E-state index contributed by atoms with van der Waals surface area (Å²) in [6.45, 7) is 7.67. The summed E-state index contributed by atoms with van der Waals surface area (Å²) in [5.74, 6) is -1.14. The number of ether oxygens (including phenoxy) is 2. The summed E-state index contributed by atoms with van der Waals surface area (Å²) in [5.41, 5.74) is 0.292. The average molecular weight is 319 g/mol. The fraction of sp³-hybridized carbons (Fsp3) is 0.556. The highest BCUT2D eigenvalue weighted by Crippen LogP contribution is 2.38. The Balaban J connectivity index is 2.17. The minimum Gasteiger partial charge on any atom is -0.466 e. The summed E-state index contributed by atoms with van der Waals surface area (Å²) in [4.78, 5) is 26.9. The Bertz CT molecular complexity index is 545. The average Bonchev–Trinajstić information content (AvgIpc) is 2.87. The van der Waals surface area contributed by atoms with Crippen molar-refractivity contribution in [1.29, 1.82) is 0 Å². The van der Waals surface area contributed by atoms with Crippen LogP contribution in [0.4, 0.5) is 0 Å². The minimum atomic E-state index is -0.864. The van der Waals surface area contributed by atoms with E-state index >= 15 is 0 Å². The summed E-state index contributed by atoms with van der Waals surface area (Å²) in [7, 11) is 0. The quantitative estimate of drug-likeness (QED) is 0.753. The molecule has 1 saturated heterocycles. The molecule has 5 nitrogen and oxygen atoms in total. The number of esters is 2. The van der Waals surface area contributed by atoms with Crippen LogP contribution in [0.25, 0.3) is 0 Å². The smallest absolute Gasteiger partial charge is 0.314 e. The number of carbonyl (C=O) groups excluding carboxylic acids is 2. The molecule has 1 heterocycles. The summed E-state index contributed by atoms with van der Waals surface area (Å²) in [5, 5.41) is 0. The van der Waals surface area contributed by atoms with Crippen LogP contribution in [0.3, 0.4) is 0 Å². The van der Waals surface area contributed by atoms with E-state index in [1.54, 1.807) is 20.8 Å². The predicted molar refractivity (Wildman–Crippen MR) is 86.6 cm³/mol. The molecule has 2 unspecified atom stereocenters. The lowest BCUT2D eigenvalue weighted by Gasteiger charge is -2.26. The van der Waals surface area contributed by atoms with E-state index in [-0.39, 0.29) is 11.9 Å². The molecule has 0 aliphatic carbocycles. The van der Waals surface area contributed by atoms with Gasteiger partial charge in [-0.2, -0.15) is 0 Å². The lowest BCUT2D eigenvalue weighted by molar-refractivity contribution is -0.164. The van der Waals surface area contributed by atoms with Gasteiger partial charge in [-0.15, -0.1) is 0 Å². The Morgan fingerprint density at radius 1 is 1.17 bits per heavy atom. The molecule has 1 fully saturated rings. The highest BCUT2D eigenvalue weighted by atomic mass is 16.5. The van der Waals surface area contributed by atoms with E-state index in [2.05, 4.69) is 4.90 Å². The molecule has 0 radical (unpaired) electrons. The van der Waals surface area contributed by atoms with Gasteiger partial charge in [0.1, 0.15) is 0 Å². The van der Waals surface area contributed by atoms with Crippen molar-refractivity contribution in [2.75, 3.05) is 26.3 Å². The third-order valence-corrected chi connectivity index (χ3v) is 4.32. The highest BCUT2D eigenvalue weighted by molar-refractivity contribution is 5.86. The number of rotatable bonds is 6. The largest absolute Gasteiger partial charge is 0.466 e. The van der Waals surface area contributed by atoms with Crippen LogP contribution in [0.5, 0.6) is 0 Å².